The van der Waals surface area contributed by atoms with Crippen molar-refractivity contribution >= 4 is 17.3 Å². The fraction of sp³-hybridized carbons (Fsp3) is 0.250. The molecule has 0 aromatic carbocycles. The van der Waals surface area contributed by atoms with Crippen LogP contribution in [0.4, 0.5) is 0 Å². The lowest BCUT2D eigenvalue weighted by Gasteiger charge is -2.08. The number of hydrogen-bond donors (Lipinski definition) is 2. The molecule has 0 aliphatic rings. The molecule has 6 heteroatoms. The number of aromatic nitrogens is 2. The average Bonchev–Trinajstić information content (AvgIpc) is 2.73. The second kappa shape index (κ2) is 4.83. The summed E-state index contributed by atoms with van der Waals surface area (Å²) in [6.07, 6.45) is 0. The number of aliphatic carboxylic acids is 1. The van der Waals surface area contributed by atoms with Crippen LogP contribution >= 0.6 is 11.3 Å². The molecule has 1 unspecified atom stereocenters. The lowest BCUT2D eigenvalue weighted by molar-refractivity contribution is -0.138. The number of hydrogen-bond acceptors (Lipinski definition) is 5. The molecule has 0 aliphatic heterocycles. The predicted octanol–water partition coefficient (Wildman–Crippen LogP) is 1.91. The smallest absolute Gasteiger partial charge is 0.328 e. The van der Waals surface area contributed by atoms with Crippen molar-refractivity contribution in [2.45, 2.75) is 19.9 Å². The third-order valence-corrected chi connectivity index (χ3v) is 3.55. The first-order chi connectivity index (χ1) is 8.49. The molecule has 94 valence electrons. The molecule has 0 spiro atoms. The Hall–Kier alpha value is -1.79. The van der Waals surface area contributed by atoms with Gasteiger partial charge in [0.25, 0.3) is 0 Å². The normalized spacial score (nSPS) is 12.4. The van der Waals surface area contributed by atoms with Crippen LogP contribution in [0.5, 0.6) is 0 Å². The van der Waals surface area contributed by atoms with E-state index in [0.29, 0.717) is 5.69 Å². The summed E-state index contributed by atoms with van der Waals surface area (Å²) in [4.78, 5) is 20.2. The van der Waals surface area contributed by atoms with E-state index < -0.39 is 12.0 Å². The molecule has 2 heterocycles. The summed E-state index contributed by atoms with van der Waals surface area (Å²) in [5.41, 5.74) is 8.08. The Labute approximate surface area is 108 Å². The van der Waals surface area contributed by atoms with Crippen molar-refractivity contribution in [3.8, 4) is 10.6 Å². The van der Waals surface area contributed by atoms with E-state index in [9.17, 15) is 4.79 Å². The van der Waals surface area contributed by atoms with Gasteiger partial charge in [-0.2, -0.15) is 0 Å². The van der Waals surface area contributed by atoms with Gasteiger partial charge < -0.3 is 10.8 Å². The van der Waals surface area contributed by atoms with Gasteiger partial charge in [0.15, 0.2) is 11.9 Å². The summed E-state index contributed by atoms with van der Waals surface area (Å²) in [7, 11) is 0. The van der Waals surface area contributed by atoms with Crippen molar-refractivity contribution < 1.29 is 9.90 Å². The first-order valence-electron chi connectivity index (χ1n) is 5.37. The maximum absolute atomic E-state index is 10.9. The Morgan fingerprint density at radius 1 is 1.44 bits per heavy atom. The molecule has 0 radical (unpaired) electrons. The minimum absolute atomic E-state index is 0.144. The summed E-state index contributed by atoms with van der Waals surface area (Å²) in [6.45, 7) is 3.78. The third-order valence-electron chi connectivity index (χ3n) is 2.51. The minimum Gasteiger partial charge on any atom is -0.480 e. The van der Waals surface area contributed by atoms with Gasteiger partial charge in [-0.3, -0.25) is 4.79 Å². The molecule has 5 nitrogen and oxygen atoms in total. The molecule has 0 amide bonds. The van der Waals surface area contributed by atoms with Gasteiger partial charge in [0.05, 0.1) is 10.6 Å². The second-order valence-corrected chi connectivity index (χ2v) is 4.92. The fourth-order valence-electron chi connectivity index (χ4n) is 1.59. The van der Waals surface area contributed by atoms with Gasteiger partial charge >= 0.3 is 5.97 Å². The van der Waals surface area contributed by atoms with Crippen LogP contribution in [0.2, 0.25) is 0 Å². The largest absolute Gasteiger partial charge is 0.480 e. The van der Waals surface area contributed by atoms with Gasteiger partial charge in [0.1, 0.15) is 0 Å². The molecule has 0 bridgehead atoms. The lowest BCUT2D eigenvalue weighted by atomic mass is 10.2. The van der Waals surface area contributed by atoms with E-state index in [1.165, 1.54) is 0 Å². The highest BCUT2D eigenvalue weighted by molar-refractivity contribution is 7.13. The summed E-state index contributed by atoms with van der Waals surface area (Å²) in [5.74, 6) is -0.986. The van der Waals surface area contributed by atoms with E-state index in [1.807, 2.05) is 24.4 Å². The average molecular weight is 263 g/mol. The maximum Gasteiger partial charge on any atom is 0.328 e. The predicted molar refractivity (Wildman–Crippen MR) is 69.4 cm³/mol. The summed E-state index contributed by atoms with van der Waals surface area (Å²) in [5, 5.41) is 10.9. The van der Waals surface area contributed by atoms with Crippen molar-refractivity contribution in [1.82, 2.24) is 9.97 Å². The molecule has 0 saturated heterocycles. The number of thiophene rings is 1. The van der Waals surface area contributed by atoms with Crippen LogP contribution in [-0.4, -0.2) is 21.0 Å². The topological polar surface area (TPSA) is 89.1 Å². The molecule has 18 heavy (non-hydrogen) atoms. The number of nitrogens with two attached hydrogens (primary N) is 1. The molecular formula is C12H13N3O2S. The van der Waals surface area contributed by atoms with Crippen molar-refractivity contribution in [3.63, 3.8) is 0 Å². The van der Waals surface area contributed by atoms with Gasteiger partial charge in [-0.05, 0) is 36.9 Å². The Bertz CT molecular complexity index is 595. The molecule has 2 aromatic rings. The molecule has 0 aliphatic carbocycles. The zero-order valence-corrected chi connectivity index (χ0v) is 10.9. The number of carboxylic acid groups (broad SMARTS) is 1. The monoisotopic (exact) mass is 263 g/mol. The van der Waals surface area contributed by atoms with Crippen LogP contribution in [0.15, 0.2) is 17.5 Å². The van der Waals surface area contributed by atoms with Crippen molar-refractivity contribution in [3.05, 3.63) is 34.6 Å². The molecule has 3 N–H and O–H groups in total. The Balaban J connectivity index is 2.51. The van der Waals surface area contributed by atoms with Crippen LogP contribution < -0.4 is 5.73 Å². The van der Waals surface area contributed by atoms with Crippen molar-refractivity contribution in [1.29, 1.82) is 0 Å². The molecule has 2 rings (SSSR count). The van der Waals surface area contributed by atoms with Gasteiger partial charge in [-0.1, -0.05) is 0 Å². The first-order valence-corrected chi connectivity index (χ1v) is 6.25. The van der Waals surface area contributed by atoms with Gasteiger partial charge in [0.2, 0.25) is 0 Å². The van der Waals surface area contributed by atoms with Crippen LogP contribution in [0.1, 0.15) is 23.1 Å². The SMILES string of the molecule is Cc1cc(-c2sccc2C)nc(C(N)C(=O)O)n1. The van der Waals surface area contributed by atoms with Gasteiger partial charge in [0, 0.05) is 5.69 Å². The molecule has 0 saturated carbocycles. The summed E-state index contributed by atoms with van der Waals surface area (Å²) < 4.78 is 0. The zero-order valence-electron chi connectivity index (χ0n) is 10.0. The lowest BCUT2D eigenvalue weighted by Crippen LogP contribution is -2.23. The number of aryl methyl sites for hydroxylation is 2. The van der Waals surface area contributed by atoms with E-state index in [-0.39, 0.29) is 5.82 Å². The highest BCUT2D eigenvalue weighted by atomic mass is 32.1. The van der Waals surface area contributed by atoms with E-state index in [1.54, 1.807) is 18.3 Å². The Morgan fingerprint density at radius 3 is 2.72 bits per heavy atom. The minimum atomic E-state index is -1.19. The van der Waals surface area contributed by atoms with Crippen LogP contribution in [-0.2, 0) is 4.79 Å². The molecular weight excluding hydrogens is 250 g/mol. The maximum atomic E-state index is 10.9. The molecule has 0 fully saturated rings. The standard InChI is InChI=1S/C12H13N3O2S/c1-6-3-4-18-10(6)8-5-7(2)14-11(15-8)9(13)12(16)17/h3-5,9H,13H2,1-2H3,(H,16,17). The highest BCUT2D eigenvalue weighted by Crippen LogP contribution is 2.28. The van der Waals surface area contributed by atoms with Crippen LogP contribution in [0.25, 0.3) is 10.6 Å². The van der Waals surface area contributed by atoms with Gasteiger partial charge in [-0.25, -0.2) is 9.97 Å². The Morgan fingerprint density at radius 2 is 2.17 bits per heavy atom. The van der Waals surface area contributed by atoms with Crippen LogP contribution in [0, 0.1) is 13.8 Å². The number of carbonyl (C=O) groups is 1. The van der Waals surface area contributed by atoms with E-state index in [0.717, 1.165) is 16.1 Å². The van der Waals surface area contributed by atoms with E-state index in [2.05, 4.69) is 9.97 Å². The fourth-order valence-corrected chi connectivity index (χ4v) is 2.48. The number of nitrogens with zero attached hydrogens (tertiary/aromatic N) is 2. The number of carboxylic acids is 1. The Kier molecular flexibility index (Phi) is 3.40. The zero-order chi connectivity index (χ0) is 13.3. The first kappa shape index (κ1) is 12.7. The highest BCUT2D eigenvalue weighted by Gasteiger charge is 2.19. The second-order valence-electron chi connectivity index (χ2n) is 4.00. The van der Waals surface area contributed by atoms with E-state index in [4.69, 9.17) is 10.8 Å². The van der Waals surface area contributed by atoms with Crippen LogP contribution in [0.3, 0.4) is 0 Å². The van der Waals surface area contributed by atoms with Crippen molar-refractivity contribution in [2.24, 2.45) is 5.73 Å². The molecule has 2 aromatic heterocycles. The third kappa shape index (κ3) is 2.39. The summed E-state index contributed by atoms with van der Waals surface area (Å²) in [6, 6.07) is 2.63. The quantitative estimate of drug-likeness (QED) is 0.883. The van der Waals surface area contributed by atoms with Crippen molar-refractivity contribution in [2.75, 3.05) is 0 Å². The number of rotatable bonds is 3. The van der Waals surface area contributed by atoms with Gasteiger partial charge in [-0.15, -0.1) is 11.3 Å². The van der Waals surface area contributed by atoms with E-state index >= 15 is 0 Å². The molecule has 1 atom stereocenters. The summed E-state index contributed by atoms with van der Waals surface area (Å²) >= 11 is 1.56.